The van der Waals surface area contributed by atoms with E-state index in [0.29, 0.717) is 11.1 Å². The molecule has 36 heavy (non-hydrogen) atoms. The third kappa shape index (κ3) is 7.70. The van der Waals surface area contributed by atoms with Gasteiger partial charge in [-0.3, -0.25) is 4.79 Å². The van der Waals surface area contributed by atoms with Crippen LogP contribution in [0.15, 0.2) is 17.6 Å². The van der Waals surface area contributed by atoms with Gasteiger partial charge in [0.05, 0.1) is 0 Å². The van der Waals surface area contributed by atoms with Crippen LogP contribution in [0, 0.1) is 11.8 Å². The van der Waals surface area contributed by atoms with E-state index in [9.17, 15) is 4.79 Å². The number of carbonyl (C=O) groups excluding carboxylic acids is 1. The van der Waals surface area contributed by atoms with E-state index in [4.69, 9.17) is 40.4 Å². The summed E-state index contributed by atoms with van der Waals surface area (Å²) in [5, 5.41) is 0.754. The second kappa shape index (κ2) is 13.1. The molecule has 0 aliphatic carbocycles. The average molecular weight is 538 g/mol. The molecule has 13 heteroatoms. The fourth-order valence-electron chi connectivity index (χ4n) is 4.24. The van der Waals surface area contributed by atoms with Crippen LogP contribution in [0.5, 0.6) is 0 Å². The number of nitrogens with zero attached hydrogens (tertiary/aromatic N) is 7. The SMILES string of the molecule is CN1CCC(C(N)=O)CC1.CN1CCC(C2=Nc3ncnc(Cl)c3C2)CC1.Nc1ncnc(Cl)c1N. The highest BCUT2D eigenvalue weighted by atomic mass is 35.5. The number of anilines is 2. The molecule has 0 unspecified atom stereocenters. The molecule has 11 nitrogen and oxygen atoms in total. The predicted octanol–water partition coefficient (Wildman–Crippen LogP) is 2.21. The predicted molar refractivity (Wildman–Crippen MR) is 143 cm³/mol. The van der Waals surface area contributed by atoms with Crippen molar-refractivity contribution in [2.75, 3.05) is 51.7 Å². The Bertz CT molecular complexity index is 1050. The van der Waals surface area contributed by atoms with Crippen LogP contribution in [0.1, 0.15) is 31.2 Å². The molecule has 3 aliphatic heterocycles. The molecule has 0 aromatic carbocycles. The summed E-state index contributed by atoms with van der Waals surface area (Å²) in [5.41, 5.74) is 18.2. The van der Waals surface area contributed by atoms with Crippen molar-refractivity contribution in [1.82, 2.24) is 29.7 Å². The Kier molecular flexibility index (Phi) is 10.2. The first-order valence-corrected chi connectivity index (χ1v) is 12.7. The minimum Gasteiger partial charge on any atom is -0.393 e. The number of aliphatic imine (C=N–C) groups is 1. The molecular weight excluding hydrogens is 503 g/mol. The molecule has 196 valence electrons. The highest BCUT2D eigenvalue weighted by Gasteiger charge is 2.27. The number of piperidine rings is 2. The number of likely N-dealkylation sites (tertiary alicyclic amines) is 2. The van der Waals surface area contributed by atoms with E-state index in [1.807, 2.05) is 0 Å². The Morgan fingerprint density at radius 2 is 1.44 bits per heavy atom. The molecule has 1 amide bonds. The van der Waals surface area contributed by atoms with Gasteiger partial charge in [0.2, 0.25) is 5.91 Å². The summed E-state index contributed by atoms with van der Waals surface area (Å²) in [6.07, 6.45) is 7.83. The van der Waals surface area contributed by atoms with Gasteiger partial charge in [-0.15, -0.1) is 0 Å². The van der Waals surface area contributed by atoms with Gasteiger partial charge in [0, 0.05) is 29.5 Å². The largest absolute Gasteiger partial charge is 0.393 e. The molecule has 0 bridgehead atoms. The highest BCUT2D eigenvalue weighted by Crippen LogP contribution is 2.33. The molecule has 0 saturated carbocycles. The first-order chi connectivity index (χ1) is 17.2. The van der Waals surface area contributed by atoms with Crippen LogP contribution in [0.2, 0.25) is 10.3 Å². The van der Waals surface area contributed by atoms with E-state index in [1.165, 1.54) is 31.2 Å². The number of amides is 1. The summed E-state index contributed by atoms with van der Waals surface area (Å²) >= 11 is 11.5. The molecule has 5 heterocycles. The van der Waals surface area contributed by atoms with Gasteiger partial charge in [0.25, 0.3) is 0 Å². The molecule has 5 rings (SSSR count). The Hall–Kier alpha value is -2.60. The maximum absolute atomic E-state index is 10.7. The normalized spacial score (nSPS) is 18.8. The van der Waals surface area contributed by atoms with E-state index < -0.39 is 0 Å². The lowest BCUT2D eigenvalue weighted by Gasteiger charge is -2.28. The number of primary amides is 1. The molecule has 0 radical (unpaired) electrons. The van der Waals surface area contributed by atoms with Crippen molar-refractivity contribution >= 4 is 52.1 Å². The topological polar surface area (TPSA) is 166 Å². The first-order valence-electron chi connectivity index (χ1n) is 11.9. The smallest absolute Gasteiger partial charge is 0.220 e. The quantitative estimate of drug-likeness (QED) is 0.487. The number of fused-ring (bicyclic) bond motifs is 1. The van der Waals surface area contributed by atoms with Gasteiger partial charge in [-0.05, 0) is 66.0 Å². The maximum atomic E-state index is 10.7. The van der Waals surface area contributed by atoms with Crippen molar-refractivity contribution in [3.63, 3.8) is 0 Å². The Balaban J connectivity index is 0.000000163. The molecule has 2 saturated heterocycles. The average Bonchev–Trinajstić information content (AvgIpc) is 3.30. The third-order valence-corrected chi connectivity index (χ3v) is 7.28. The maximum Gasteiger partial charge on any atom is 0.220 e. The van der Waals surface area contributed by atoms with Gasteiger partial charge in [-0.25, -0.2) is 24.9 Å². The monoisotopic (exact) mass is 536 g/mol. The molecule has 2 fully saturated rings. The number of nitrogens with two attached hydrogens (primary N) is 3. The number of halogens is 2. The van der Waals surface area contributed by atoms with Gasteiger partial charge in [0.15, 0.2) is 16.8 Å². The molecular formula is C23H34Cl2N10O. The zero-order valence-corrected chi connectivity index (χ0v) is 22.2. The van der Waals surface area contributed by atoms with Crippen molar-refractivity contribution in [3.8, 4) is 0 Å². The standard InChI is InChI=1S/C12H15ClN4.C7H14N2O.C4H5ClN4/c1-17-4-2-8(3-5-17)10-6-9-11(13)14-7-15-12(9)16-10;1-9-4-2-6(3-5-9)7(8)10;5-3-2(6)4(7)9-1-8-3/h7-8H,2-6H2,1H3;6H,2-5H2,1H3,(H2,8,10);1H,6H2,(H2,7,8,9). The Morgan fingerprint density at radius 3 is 1.97 bits per heavy atom. The molecule has 2 aromatic rings. The summed E-state index contributed by atoms with van der Waals surface area (Å²) in [5.74, 6) is 1.59. The molecule has 3 aliphatic rings. The second-order valence-electron chi connectivity index (χ2n) is 9.27. The van der Waals surface area contributed by atoms with Gasteiger partial charge in [-0.1, -0.05) is 23.2 Å². The molecule has 6 N–H and O–H groups in total. The fourth-order valence-corrected chi connectivity index (χ4v) is 4.58. The lowest BCUT2D eigenvalue weighted by atomic mass is 9.90. The van der Waals surface area contributed by atoms with Crippen LogP contribution in [-0.2, 0) is 11.2 Å². The first kappa shape index (κ1) is 28.0. The number of rotatable bonds is 2. The summed E-state index contributed by atoms with van der Waals surface area (Å²) < 4.78 is 0. The van der Waals surface area contributed by atoms with Gasteiger partial charge in [0.1, 0.15) is 23.5 Å². The summed E-state index contributed by atoms with van der Waals surface area (Å²) in [4.78, 5) is 35.3. The van der Waals surface area contributed by atoms with Crippen LogP contribution in [0.25, 0.3) is 0 Å². The zero-order valence-electron chi connectivity index (χ0n) is 20.7. The van der Waals surface area contributed by atoms with Crippen molar-refractivity contribution < 1.29 is 4.79 Å². The third-order valence-electron chi connectivity index (χ3n) is 6.65. The summed E-state index contributed by atoms with van der Waals surface area (Å²) in [7, 11) is 4.24. The number of hydrogen-bond acceptors (Lipinski definition) is 10. The minimum atomic E-state index is -0.131. The Labute approximate surface area is 221 Å². The molecule has 0 atom stereocenters. The van der Waals surface area contributed by atoms with Gasteiger partial charge >= 0.3 is 0 Å². The van der Waals surface area contributed by atoms with Crippen molar-refractivity contribution in [2.24, 2.45) is 22.6 Å². The number of hydrogen-bond donors (Lipinski definition) is 3. The van der Waals surface area contributed by atoms with Crippen LogP contribution >= 0.6 is 23.2 Å². The van der Waals surface area contributed by atoms with Crippen LogP contribution in [-0.4, -0.2) is 81.6 Å². The molecule has 0 spiro atoms. The second-order valence-corrected chi connectivity index (χ2v) is 9.98. The van der Waals surface area contributed by atoms with E-state index >= 15 is 0 Å². The van der Waals surface area contributed by atoms with Crippen LogP contribution < -0.4 is 17.2 Å². The van der Waals surface area contributed by atoms with E-state index in [2.05, 4.69) is 48.8 Å². The van der Waals surface area contributed by atoms with Crippen molar-refractivity contribution in [1.29, 1.82) is 0 Å². The Morgan fingerprint density at radius 1 is 0.889 bits per heavy atom. The van der Waals surface area contributed by atoms with Crippen molar-refractivity contribution in [3.05, 3.63) is 28.5 Å². The number of carbonyl (C=O) groups is 1. The molecule has 2 aromatic heterocycles. The van der Waals surface area contributed by atoms with E-state index in [-0.39, 0.29) is 28.5 Å². The van der Waals surface area contributed by atoms with Gasteiger partial charge < -0.3 is 27.0 Å². The van der Waals surface area contributed by atoms with E-state index in [1.54, 1.807) is 0 Å². The number of aromatic nitrogens is 4. The summed E-state index contributed by atoms with van der Waals surface area (Å²) in [6.45, 7) is 4.32. The number of nitrogen functional groups attached to an aromatic ring is 2. The van der Waals surface area contributed by atoms with E-state index in [0.717, 1.165) is 56.8 Å². The van der Waals surface area contributed by atoms with Crippen LogP contribution in [0.3, 0.4) is 0 Å². The fraction of sp³-hybridized carbons (Fsp3) is 0.565. The highest BCUT2D eigenvalue weighted by molar-refractivity contribution is 6.32. The summed E-state index contributed by atoms with van der Waals surface area (Å²) in [6, 6.07) is 0. The lowest BCUT2D eigenvalue weighted by molar-refractivity contribution is -0.123. The van der Waals surface area contributed by atoms with Gasteiger partial charge in [-0.2, -0.15) is 0 Å². The lowest BCUT2D eigenvalue weighted by Crippen LogP contribution is -2.36. The van der Waals surface area contributed by atoms with Crippen molar-refractivity contribution in [2.45, 2.75) is 32.1 Å². The van der Waals surface area contributed by atoms with Crippen LogP contribution in [0.4, 0.5) is 17.3 Å². The minimum absolute atomic E-state index is 0.131. The zero-order chi connectivity index (χ0) is 26.2.